The summed E-state index contributed by atoms with van der Waals surface area (Å²) in [6.07, 6.45) is 5.22. The average Bonchev–Trinajstić information content (AvgIpc) is 2.80. The van der Waals surface area contributed by atoms with Gasteiger partial charge in [-0.05, 0) is 18.2 Å². The molecule has 1 aromatic rings. The zero-order valence-electron chi connectivity index (χ0n) is 10.6. The highest BCUT2D eigenvalue weighted by Gasteiger charge is 2.32. The Kier molecular flexibility index (Phi) is 4.30. The molecule has 0 unspecified atom stereocenters. The third kappa shape index (κ3) is 2.94. The number of halogens is 1. The van der Waals surface area contributed by atoms with Gasteiger partial charge in [0.25, 0.3) is 0 Å². The second-order valence-electron chi connectivity index (χ2n) is 4.42. The van der Waals surface area contributed by atoms with Crippen LogP contribution < -0.4 is 15.8 Å². The predicted molar refractivity (Wildman–Crippen MR) is 77.0 cm³/mol. The summed E-state index contributed by atoms with van der Waals surface area (Å²) < 4.78 is 6.31. The van der Waals surface area contributed by atoms with Gasteiger partial charge < -0.3 is 15.8 Å². The van der Waals surface area contributed by atoms with Crippen molar-refractivity contribution in [2.24, 2.45) is 5.73 Å². The van der Waals surface area contributed by atoms with E-state index in [9.17, 15) is 9.59 Å². The normalized spacial score (nSPS) is 17.5. The summed E-state index contributed by atoms with van der Waals surface area (Å²) in [5, 5.41) is 2.57. The molecule has 2 amide bonds. The van der Waals surface area contributed by atoms with Gasteiger partial charge in [-0.25, -0.2) is 0 Å². The Labute approximate surface area is 125 Å². The Balaban J connectivity index is 2.14. The number of carbonyl (C=O) groups excluding carboxylic acids is 2. The Bertz CT molecular complexity index is 595. The van der Waals surface area contributed by atoms with Gasteiger partial charge in [-0.1, -0.05) is 15.9 Å². The summed E-state index contributed by atoms with van der Waals surface area (Å²) in [5.41, 5.74) is 5.98. The largest absolute Gasteiger partial charge is 0.492 e. The van der Waals surface area contributed by atoms with E-state index in [-0.39, 0.29) is 18.9 Å². The van der Waals surface area contributed by atoms with Crippen LogP contribution >= 0.6 is 15.9 Å². The van der Waals surface area contributed by atoms with Crippen LogP contribution in [0.1, 0.15) is 17.9 Å². The Hall–Kier alpha value is -2.00. The van der Waals surface area contributed by atoms with E-state index in [2.05, 4.69) is 27.2 Å². The molecule has 0 saturated carbocycles. The van der Waals surface area contributed by atoms with E-state index in [1.54, 1.807) is 6.07 Å². The molecule has 1 aromatic carbocycles. The summed E-state index contributed by atoms with van der Waals surface area (Å²) in [6.45, 7) is 0.235. The van der Waals surface area contributed by atoms with Crippen molar-refractivity contribution in [2.75, 3.05) is 6.61 Å². The number of ether oxygens (including phenoxy) is 1. The molecule has 1 heterocycles. The second kappa shape index (κ2) is 5.97. The predicted octanol–water partition coefficient (Wildman–Crippen LogP) is 0.919. The van der Waals surface area contributed by atoms with E-state index in [1.807, 2.05) is 12.1 Å². The van der Waals surface area contributed by atoms with Crippen molar-refractivity contribution in [3.8, 4) is 18.1 Å². The molecule has 20 heavy (non-hydrogen) atoms. The molecule has 5 nitrogen and oxygen atoms in total. The van der Waals surface area contributed by atoms with Crippen molar-refractivity contribution in [1.82, 2.24) is 5.32 Å². The minimum atomic E-state index is -0.858. The van der Waals surface area contributed by atoms with Crippen LogP contribution in [0.5, 0.6) is 5.75 Å². The number of terminal acetylenes is 1. The Morgan fingerprint density at radius 3 is 3.00 bits per heavy atom. The van der Waals surface area contributed by atoms with Gasteiger partial charge in [-0.15, -0.1) is 12.3 Å². The monoisotopic (exact) mass is 336 g/mol. The lowest BCUT2D eigenvalue weighted by molar-refractivity contribution is -0.128. The fourth-order valence-electron chi connectivity index (χ4n) is 2.02. The second-order valence-corrected chi connectivity index (χ2v) is 5.33. The molecule has 3 N–H and O–H groups in total. The third-order valence-corrected chi connectivity index (χ3v) is 3.54. The van der Waals surface area contributed by atoms with Crippen molar-refractivity contribution in [2.45, 2.75) is 18.4 Å². The summed E-state index contributed by atoms with van der Waals surface area (Å²) >= 11 is 3.35. The van der Waals surface area contributed by atoms with Crippen LogP contribution in [0.3, 0.4) is 0 Å². The highest BCUT2D eigenvalue weighted by Crippen LogP contribution is 2.35. The molecule has 0 aromatic heterocycles. The first-order valence-corrected chi connectivity index (χ1v) is 6.77. The fraction of sp³-hybridized carbons (Fsp3) is 0.286. The fourth-order valence-corrected chi connectivity index (χ4v) is 2.39. The van der Waals surface area contributed by atoms with E-state index in [1.165, 1.54) is 0 Å². The molecule has 1 aliphatic rings. The number of amides is 2. The lowest BCUT2D eigenvalue weighted by Crippen LogP contribution is -2.46. The van der Waals surface area contributed by atoms with E-state index in [0.29, 0.717) is 5.75 Å². The summed E-state index contributed by atoms with van der Waals surface area (Å²) in [6, 6.07) is 4.60. The van der Waals surface area contributed by atoms with Crippen LogP contribution in [0.2, 0.25) is 0 Å². The first kappa shape index (κ1) is 14.4. The van der Waals surface area contributed by atoms with Gasteiger partial charge in [0.15, 0.2) is 0 Å². The van der Waals surface area contributed by atoms with Crippen LogP contribution in [0.15, 0.2) is 22.7 Å². The summed E-state index contributed by atoms with van der Waals surface area (Å²) in [4.78, 5) is 23.4. The zero-order valence-corrected chi connectivity index (χ0v) is 12.1. The van der Waals surface area contributed by atoms with Crippen LogP contribution in [0.25, 0.3) is 0 Å². The van der Waals surface area contributed by atoms with Gasteiger partial charge in [-0.2, -0.15) is 0 Å². The molecular weight excluding hydrogens is 324 g/mol. The van der Waals surface area contributed by atoms with Gasteiger partial charge in [0.1, 0.15) is 24.3 Å². The number of rotatable bonds is 4. The number of hydrogen-bond acceptors (Lipinski definition) is 3. The van der Waals surface area contributed by atoms with Crippen molar-refractivity contribution >= 4 is 27.7 Å². The van der Waals surface area contributed by atoms with Gasteiger partial charge >= 0.3 is 0 Å². The molecule has 2 rings (SSSR count). The summed E-state index contributed by atoms with van der Waals surface area (Å²) in [5.74, 6) is 1.55. The Morgan fingerprint density at radius 2 is 2.35 bits per heavy atom. The molecule has 0 fully saturated rings. The van der Waals surface area contributed by atoms with Gasteiger partial charge in [0, 0.05) is 16.5 Å². The number of benzene rings is 1. The quantitative estimate of drug-likeness (QED) is 0.802. The molecule has 0 spiro atoms. The van der Waals surface area contributed by atoms with Crippen molar-refractivity contribution in [3.63, 3.8) is 0 Å². The number of primary amides is 1. The molecule has 2 atom stereocenters. The van der Waals surface area contributed by atoms with Crippen molar-refractivity contribution in [1.29, 1.82) is 0 Å². The lowest BCUT2D eigenvalue weighted by Gasteiger charge is -2.15. The van der Waals surface area contributed by atoms with Gasteiger partial charge in [0.2, 0.25) is 11.8 Å². The maximum Gasteiger partial charge on any atom is 0.240 e. The van der Waals surface area contributed by atoms with E-state index in [0.717, 1.165) is 10.0 Å². The Morgan fingerprint density at radius 1 is 1.60 bits per heavy atom. The summed E-state index contributed by atoms with van der Waals surface area (Å²) in [7, 11) is 0. The highest BCUT2D eigenvalue weighted by atomic mass is 79.9. The first-order chi connectivity index (χ1) is 9.52. The molecule has 0 aliphatic carbocycles. The minimum absolute atomic E-state index is 0.0694. The number of fused-ring (bicyclic) bond motifs is 1. The number of nitrogens with two attached hydrogens (primary N) is 1. The molecule has 1 aliphatic heterocycles. The standard InChI is InChI=1S/C14H13BrN2O3/c1-2-3-11(13(16)18)17-14(19)10-7-20-12-5-4-8(15)6-9(10)12/h1,4-6,10-11H,3,7H2,(H2,16,18)(H,17,19)/t10-,11-/m0/s1. The molecule has 0 saturated heterocycles. The lowest BCUT2D eigenvalue weighted by atomic mass is 10.00. The topological polar surface area (TPSA) is 81.4 Å². The first-order valence-electron chi connectivity index (χ1n) is 5.98. The van der Waals surface area contributed by atoms with Crippen molar-refractivity contribution in [3.05, 3.63) is 28.2 Å². The third-order valence-electron chi connectivity index (χ3n) is 3.05. The molecule has 104 valence electrons. The molecule has 0 radical (unpaired) electrons. The highest BCUT2D eigenvalue weighted by molar-refractivity contribution is 9.10. The molecular formula is C14H13BrN2O3. The minimum Gasteiger partial charge on any atom is -0.492 e. The van der Waals surface area contributed by atoms with Crippen LogP contribution in [-0.2, 0) is 9.59 Å². The van der Waals surface area contributed by atoms with Crippen LogP contribution in [0.4, 0.5) is 0 Å². The average molecular weight is 337 g/mol. The number of nitrogens with one attached hydrogen (secondary N) is 1. The van der Waals surface area contributed by atoms with E-state index < -0.39 is 17.9 Å². The number of carbonyl (C=O) groups is 2. The smallest absolute Gasteiger partial charge is 0.240 e. The molecule has 0 bridgehead atoms. The maximum atomic E-state index is 12.2. The zero-order chi connectivity index (χ0) is 14.7. The maximum absolute atomic E-state index is 12.2. The van der Waals surface area contributed by atoms with Gasteiger partial charge in [0.05, 0.1) is 0 Å². The van der Waals surface area contributed by atoms with Gasteiger partial charge in [-0.3, -0.25) is 9.59 Å². The van der Waals surface area contributed by atoms with Crippen LogP contribution in [0, 0.1) is 12.3 Å². The SMILES string of the molecule is C#CC[C@H](NC(=O)[C@H]1COc2ccc(Br)cc21)C(N)=O. The van der Waals surface area contributed by atoms with Crippen molar-refractivity contribution < 1.29 is 14.3 Å². The van der Waals surface area contributed by atoms with E-state index >= 15 is 0 Å². The number of hydrogen-bond donors (Lipinski definition) is 2. The molecule has 6 heteroatoms. The van der Waals surface area contributed by atoms with Crippen LogP contribution in [-0.4, -0.2) is 24.5 Å². The van der Waals surface area contributed by atoms with E-state index in [4.69, 9.17) is 16.9 Å².